The minimum absolute atomic E-state index is 0.0295. The van der Waals surface area contributed by atoms with Crippen LogP contribution < -0.4 is 0 Å². The molecule has 126 valence electrons. The number of carbonyl (C=O) groups is 1. The van der Waals surface area contributed by atoms with Crippen LogP contribution in [0.5, 0.6) is 0 Å². The Morgan fingerprint density at radius 2 is 2.04 bits per heavy atom. The van der Waals surface area contributed by atoms with Crippen LogP contribution in [-0.4, -0.2) is 95.4 Å². The maximum absolute atomic E-state index is 12.8. The topological polar surface area (TPSA) is 59.9 Å². The summed E-state index contributed by atoms with van der Waals surface area (Å²) >= 11 is 1.48. The molecule has 2 atom stereocenters. The Kier molecular flexibility index (Phi) is 5.21. The molecule has 0 aromatic carbocycles. The summed E-state index contributed by atoms with van der Waals surface area (Å²) in [6, 6.07) is 3.65. The van der Waals surface area contributed by atoms with Gasteiger partial charge in [-0.15, -0.1) is 11.8 Å². The SMILES string of the molecule is CSc1ncccc1C(=O)N1CC(O)C(N2CCN(C)CC2)C1. The summed E-state index contributed by atoms with van der Waals surface area (Å²) < 4.78 is 0. The van der Waals surface area contributed by atoms with Crippen LogP contribution in [0.1, 0.15) is 10.4 Å². The normalized spacial score (nSPS) is 26.7. The second-order valence-corrected chi connectivity index (χ2v) is 7.04. The molecule has 3 rings (SSSR count). The van der Waals surface area contributed by atoms with Gasteiger partial charge in [0.2, 0.25) is 0 Å². The van der Waals surface area contributed by atoms with Crippen LogP contribution in [0.3, 0.4) is 0 Å². The lowest BCUT2D eigenvalue weighted by atomic mass is 10.1. The molecule has 3 heterocycles. The molecule has 2 aliphatic heterocycles. The molecule has 2 fully saturated rings. The molecule has 0 saturated carbocycles. The number of aliphatic hydroxyl groups is 1. The first-order chi connectivity index (χ1) is 11.1. The molecule has 0 aliphatic carbocycles. The fraction of sp³-hybridized carbons (Fsp3) is 0.625. The summed E-state index contributed by atoms with van der Waals surface area (Å²) in [7, 11) is 2.12. The van der Waals surface area contributed by atoms with Crippen LogP contribution in [0.25, 0.3) is 0 Å². The van der Waals surface area contributed by atoms with E-state index in [0.717, 1.165) is 31.2 Å². The minimum atomic E-state index is -0.475. The molecule has 2 saturated heterocycles. The number of aromatic nitrogens is 1. The number of carbonyl (C=O) groups excluding carboxylic acids is 1. The Morgan fingerprint density at radius 1 is 1.30 bits per heavy atom. The van der Waals surface area contributed by atoms with E-state index in [0.29, 0.717) is 18.7 Å². The van der Waals surface area contributed by atoms with E-state index in [1.165, 1.54) is 11.8 Å². The zero-order valence-electron chi connectivity index (χ0n) is 13.7. The van der Waals surface area contributed by atoms with Crippen molar-refractivity contribution in [3.63, 3.8) is 0 Å². The minimum Gasteiger partial charge on any atom is -0.390 e. The average molecular weight is 336 g/mol. The van der Waals surface area contributed by atoms with Gasteiger partial charge >= 0.3 is 0 Å². The Labute approximate surface area is 141 Å². The first kappa shape index (κ1) is 16.7. The summed E-state index contributed by atoms with van der Waals surface area (Å²) in [5, 5.41) is 11.2. The number of hydrogen-bond acceptors (Lipinski definition) is 6. The van der Waals surface area contributed by atoms with E-state index in [-0.39, 0.29) is 11.9 Å². The van der Waals surface area contributed by atoms with Gasteiger partial charge < -0.3 is 14.9 Å². The molecule has 0 bridgehead atoms. The van der Waals surface area contributed by atoms with Crippen LogP contribution in [0.2, 0.25) is 0 Å². The number of aliphatic hydroxyl groups excluding tert-OH is 1. The molecule has 23 heavy (non-hydrogen) atoms. The molecule has 1 aromatic heterocycles. The summed E-state index contributed by atoms with van der Waals surface area (Å²) in [5.41, 5.74) is 0.631. The van der Waals surface area contributed by atoms with Crippen LogP contribution >= 0.6 is 11.8 Å². The lowest BCUT2D eigenvalue weighted by Gasteiger charge is -2.37. The zero-order chi connectivity index (χ0) is 16.4. The first-order valence-corrected chi connectivity index (χ1v) is 9.21. The van der Waals surface area contributed by atoms with Gasteiger partial charge in [0.1, 0.15) is 5.03 Å². The number of rotatable bonds is 3. The van der Waals surface area contributed by atoms with E-state index in [1.807, 2.05) is 12.3 Å². The Bertz CT molecular complexity index is 563. The third-order valence-electron chi connectivity index (χ3n) is 4.75. The summed E-state index contributed by atoms with van der Waals surface area (Å²) in [6.07, 6.45) is 3.15. The second kappa shape index (κ2) is 7.17. The van der Waals surface area contributed by atoms with Crippen molar-refractivity contribution in [2.24, 2.45) is 0 Å². The number of piperazine rings is 1. The number of likely N-dealkylation sites (tertiary alicyclic amines) is 1. The van der Waals surface area contributed by atoms with E-state index in [9.17, 15) is 9.90 Å². The van der Waals surface area contributed by atoms with Crippen molar-refractivity contribution < 1.29 is 9.90 Å². The predicted octanol–water partition coefficient (Wildman–Crippen LogP) is 0.236. The maximum Gasteiger partial charge on any atom is 0.256 e. The molecule has 1 N–H and O–H groups in total. The number of amides is 1. The highest BCUT2D eigenvalue weighted by atomic mass is 32.2. The van der Waals surface area contributed by atoms with Gasteiger partial charge in [0.15, 0.2) is 0 Å². The summed E-state index contributed by atoms with van der Waals surface area (Å²) in [5.74, 6) is -0.0295. The molecule has 6 nitrogen and oxygen atoms in total. The number of likely N-dealkylation sites (N-methyl/N-ethyl adjacent to an activating group) is 1. The number of hydrogen-bond donors (Lipinski definition) is 1. The van der Waals surface area contributed by atoms with E-state index in [1.54, 1.807) is 17.2 Å². The van der Waals surface area contributed by atoms with Gasteiger partial charge in [0.25, 0.3) is 5.91 Å². The lowest BCUT2D eigenvalue weighted by Crippen LogP contribution is -2.52. The quantitative estimate of drug-likeness (QED) is 0.798. The van der Waals surface area contributed by atoms with Gasteiger partial charge in [-0.05, 0) is 25.4 Å². The zero-order valence-corrected chi connectivity index (χ0v) is 14.5. The van der Waals surface area contributed by atoms with Crippen LogP contribution in [0.4, 0.5) is 0 Å². The summed E-state index contributed by atoms with van der Waals surface area (Å²) in [4.78, 5) is 23.4. The first-order valence-electron chi connectivity index (χ1n) is 7.99. The highest BCUT2D eigenvalue weighted by Crippen LogP contribution is 2.23. The highest BCUT2D eigenvalue weighted by Gasteiger charge is 2.39. The number of nitrogens with zero attached hydrogens (tertiary/aromatic N) is 4. The van der Waals surface area contributed by atoms with Crippen LogP contribution in [0, 0.1) is 0 Å². The van der Waals surface area contributed by atoms with Crippen molar-refractivity contribution in [2.75, 3.05) is 52.6 Å². The number of pyridine rings is 1. The monoisotopic (exact) mass is 336 g/mol. The third kappa shape index (κ3) is 3.52. The summed E-state index contributed by atoms with van der Waals surface area (Å²) in [6.45, 7) is 4.91. The predicted molar refractivity (Wildman–Crippen MR) is 90.8 cm³/mol. The van der Waals surface area contributed by atoms with Crippen molar-refractivity contribution >= 4 is 17.7 Å². The van der Waals surface area contributed by atoms with E-state index in [2.05, 4.69) is 21.8 Å². The van der Waals surface area contributed by atoms with Gasteiger partial charge in [0.05, 0.1) is 17.7 Å². The van der Waals surface area contributed by atoms with Crippen LogP contribution in [-0.2, 0) is 0 Å². The second-order valence-electron chi connectivity index (χ2n) is 6.24. The van der Waals surface area contributed by atoms with Gasteiger partial charge in [0, 0.05) is 45.5 Å². The van der Waals surface area contributed by atoms with Crippen molar-refractivity contribution in [1.29, 1.82) is 0 Å². The average Bonchev–Trinajstić information content (AvgIpc) is 2.96. The molecule has 2 unspecified atom stereocenters. The van der Waals surface area contributed by atoms with Gasteiger partial charge in [-0.2, -0.15) is 0 Å². The van der Waals surface area contributed by atoms with Gasteiger partial charge in [-0.1, -0.05) is 0 Å². The van der Waals surface area contributed by atoms with Crippen LogP contribution in [0.15, 0.2) is 23.4 Å². The van der Waals surface area contributed by atoms with E-state index >= 15 is 0 Å². The smallest absolute Gasteiger partial charge is 0.256 e. The van der Waals surface area contributed by atoms with Gasteiger partial charge in [-0.25, -0.2) is 4.98 Å². The molecule has 1 aromatic rings. The van der Waals surface area contributed by atoms with Gasteiger partial charge in [-0.3, -0.25) is 9.69 Å². The number of thioether (sulfide) groups is 1. The fourth-order valence-electron chi connectivity index (χ4n) is 3.33. The Balaban J connectivity index is 1.69. The van der Waals surface area contributed by atoms with Crippen molar-refractivity contribution in [1.82, 2.24) is 19.7 Å². The van der Waals surface area contributed by atoms with E-state index in [4.69, 9.17) is 0 Å². The van der Waals surface area contributed by atoms with Crippen molar-refractivity contribution in [3.8, 4) is 0 Å². The number of β-amino-alcohol motifs (C(OH)–C–C–N with tert-alkyl or cyclic N) is 1. The Morgan fingerprint density at radius 3 is 2.74 bits per heavy atom. The molecule has 1 amide bonds. The third-order valence-corrected chi connectivity index (χ3v) is 5.46. The molecule has 0 spiro atoms. The molecule has 7 heteroatoms. The van der Waals surface area contributed by atoms with E-state index < -0.39 is 6.10 Å². The standard InChI is InChI=1S/C16H24N4O2S/c1-18-6-8-19(9-7-18)13-10-20(11-14(13)21)16(22)12-4-3-5-17-15(12)23-2/h3-5,13-14,21H,6-11H2,1-2H3. The van der Waals surface area contributed by atoms with Crippen molar-refractivity contribution in [3.05, 3.63) is 23.9 Å². The van der Waals surface area contributed by atoms with Crippen molar-refractivity contribution in [2.45, 2.75) is 17.2 Å². The molecular weight excluding hydrogens is 312 g/mol. The lowest BCUT2D eigenvalue weighted by molar-refractivity contribution is 0.0512. The molecule has 0 radical (unpaired) electrons. The molecular formula is C16H24N4O2S. The molecule has 2 aliphatic rings. The fourth-order valence-corrected chi connectivity index (χ4v) is 3.88. The largest absolute Gasteiger partial charge is 0.390 e. The maximum atomic E-state index is 12.8. The Hall–Kier alpha value is -1.15. The highest BCUT2D eigenvalue weighted by molar-refractivity contribution is 7.98.